The lowest BCUT2D eigenvalue weighted by atomic mass is 9.97. The Morgan fingerprint density at radius 1 is 0.263 bits per heavy atom. The van der Waals surface area contributed by atoms with E-state index in [1.807, 2.05) is 0 Å². The predicted molar refractivity (Wildman–Crippen MR) is 260 cm³/mol. The maximum Gasteiger partial charge on any atom is 0.420 e. The maximum absolute atomic E-state index is 16.8. The fourth-order valence-electron chi connectivity index (χ4n) is 9.83. The highest BCUT2D eigenvalue weighted by Gasteiger charge is 2.41. The van der Waals surface area contributed by atoms with Crippen molar-refractivity contribution in [1.82, 2.24) is 14.1 Å². The summed E-state index contributed by atoms with van der Waals surface area (Å²) in [6, 6.07) is 38.0. The van der Waals surface area contributed by atoms with Crippen LogP contribution in [0.15, 0.2) is 182 Å². The van der Waals surface area contributed by atoms with Gasteiger partial charge < -0.3 is 9.13 Å². The van der Waals surface area contributed by atoms with Gasteiger partial charge in [0.05, 0.1) is 67.1 Å². The van der Waals surface area contributed by atoms with Gasteiger partial charge in [0.25, 0.3) is 0 Å². The molecule has 0 amide bonds. The number of aromatic nitrogens is 3. The Hall–Kier alpha value is -8.54. The molecule has 0 atom stereocenters. The SMILES string of the molecule is FC(F)(F)c1cc(-c2ccc3c4ccccc4n(-c4cc(-c5cccc(-c6ccccc6)n5)cc(-n5c6ccccc6c6ccc(-c7cc(C(F)(F)F)cc(C(F)(F)F)c7)cc65)c4C(F)(F)F)c3c2)cc(C(F)(F)F)c1. The summed E-state index contributed by atoms with van der Waals surface area (Å²) in [5, 5.41) is 1.20. The number of halogens is 15. The highest BCUT2D eigenvalue weighted by molar-refractivity contribution is 6.12. The molecule has 3 aromatic heterocycles. The molecule has 0 saturated heterocycles. The zero-order valence-electron chi connectivity index (χ0n) is 38.3. The molecule has 0 saturated carbocycles. The lowest BCUT2D eigenvalue weighted by Crippen LogP contribution is -2.16. The van der Waals surface area contributed by atoms with Crippen LogP contribution in [0.25, 0.3) is 99.8 Å². The number of pyridine rings is 1. The Morgan fingerprint density at radius 2 is 0.632 bits per heavy atom. The van der Waals surface area contributed by atoms with E-state index in [4.69, 9.17) is 4.98 Å². The lowest BCUT2D eigenvalue weighted by Gasteiger charge is -2.23. The average Bonchev–Trinajstić information content (AvgIpc) is 4.02. The van der Waals surface area contributed by atoms with E-state index in [-0.39, 0.29) is 67.4 Å². The third-order valence-corrected chi connectivity index (χ3v) is 13.2. The molecule has 76 heavy (non-hydrogen) atoms. The molecule has 0 spiro atoms. The van der Waals surface area contributed by atoms with Gasteiger partial charge in [-0.2, -0.15) is 65.9 Å². The van der Waals surface area contributed by atoms with Gasteiger partial charge in [-0.1, -0.05) is 97.1 Å². The van der Waals surface area contributed by atoms with E-state index >= 15 is 13.2 Å². The summed E-state index contributed by atoms with van der Waals surface area (Å²) in [5.41, 5.74) is -9.19. The van der Waals surface area contributed by atoms with Gasteiger partial charge in [0.15, 0.2) is 0 Å². The second-order valence-electron chi connectivity index (χ2n) is 17.9. The van der Waals surface area contributed by atoms with Crippen LogP contribution in [-0.2, 0) is 30.9 Å². The Balaban J connectivity index is 1.27. The van der Waals surface area contributed by atoms with Gasteiger partial charge in [-0.15, -0.1) is 0 Å². The molecule has 0 unspecified atom stereocenters. The van der Waals surface area contributed by atoms with Crippen molar-refractivity contribution >= 4 is 43.6 Å². The summed E-state index contributed by atoms with van der Waals surface area (Å²) in [6.07, 6.45) is -26.3. The van der Waals surface area contributed by atoms with Gasteiger partial charge in [-0.05, 0) is 107 Å². The minimum absolute atomic E-state index is 0.0422. The highest BCUT2D eigenvalue weighted by atomic mass is 19.4. The summed E-state index contributed by atoms with van der Waals surface area (Å²) in [7, 11) is 0. The maximum atomic E-state index is 16.8. The quantitative estimate of drug-likeness (QED) is 0.152. The molecule has 0 bridgehead atoms. The average molecular weight is 1050 g/mol. The van der Waals surface area contributed by atoms with Gasteiger partial charge in [0, 0.05) is 32.7 Å². The third kappa shape index (κ3) is 8.83. The van der Waals surface area contributed by atoms with Crippen molar-refractivity contribution in [3.05, 3.63) is 210 Å². The van der Waals surface area contributed by atoms with Crippen molar-refractivity contribution in [3.63, 3.8) is 0 Å². The van der Waals surface area contributed by atoms with E-state index in [2.05, 4.69) is 0 Å². The minimum atomic E-state index is -5.33. The summed E-state index contributed by atoms with van der Waals surface area (Å²) in [6.45, 7) is 0. The first-order valence-electron chi connectivity index (χ1n) is 22.8. The van der Waals surface area contributed by atoms with Crippen LogP contribution in [0.5, 0.6) is 0 Å². The van der Waals surface area contributed by atoms with Crippen molar-refractivity contribution in [2.45, 2.75) is 30.9 Å². The van der Waals surface area contributed by atoms with Crippen LogP contribution in [0.1, 0.15) is 27.8 Å². The fourth-order valence-corrected chi connectivity index (χ4v) is 9.83. The Kier molecular flexibility index (Phi) is 11.5. The van der Waals surface area contributed by atoms with Gasteiger partial charge in [0.2, 0.25) is 0 Å². The molecule has 0 aliphatic carbocycles. The first-order chi connectivity index (χ1) is 35.8. The summed E-state index contributed by atoms with van der Waals surface area (Å²) in [4.78, 5) is 4.85. The van der Waals surface area contributed by atoms with Crippen molar-refractivity contribution in [2.75, 3.05) is 0 Å². The van der Waals surface area contributed by atoms with E-state index in [1.165, 1.54) is 88.0 Å². The standard InChI is InChI=1S/C58H30F15N3/c59-54(60,61)37-21-34(22-38(29-37)55(62,63)64)32-17-19-43-41-11-4-6-15-47(41)75(49(43)25-32)51-27-36(46-14-8-13-45(74-46)31-9-2-1-3-10-31)28-52(53(51)58(71,72)73)76-48-16-7-5-12-42(48)44-20-18-33(26-50(44)76)35-23-39(56(65,66)67)30-40(24-35)57(68,69)70/h1-30H. The minimum Gasteiger partial charge on any atom is -0.309 e. The lowest BCUT2D eigenvalue weighted by molar-refractivity contribution is -0.144. The summed E-state index contributed by atoms with van der Waals surface area (Å²) < 4.78 is 223. The Labute approximate surface area is 419 Å². The van der Waals surface area contributed by atoms with Crippen LogP contribution < -0.4 is 0 Å². The van der Waals surface area contributed by atoms with Crippen LogP contribution in [-0.4, -0.2) is 14.1 Å². The number of para-hydroxylation sites is 2. The van der Waals surface area contributed by atoms with Crippen molar-refractivity contribution in [2.24, 2.45) is 0 Å². The third-order valence-electron chi connectivity index (χ3n) is 13.2. The molecule has 0 N–H and O–H groups in total. The second-order valence-corrected chi connectivity index (χ2v) is 17.9. The van der Waals surface area contributed by atoms with Crippen molar-refractivity contribution in [3.8, 4) is 56.1 Å². The van der Waals surface area contributed by atoms with E-state index in [9.17, 15) is 52.7 Å². The zero-order valence-corrected chi connectivity index (χ0v) is 38.3. The zero-order chi connectivity index (χ0) is 53.9. The van der Waals surface area contributed by atoms with Crippen molar-refractivity contribution < 1.29 is 65.9 Å². The Bertz CT molecular complexity index is 3820. The first kappa shape index (κ1) is 49.7. The molecule has 11 aromatic rings. The van der Waals surface area contributed by atoms with Gasteiger partial charge in [0.1, 0.15) is 5.56 Å². The molecule has 8 aromatic carbocycles. The molecule has 382 valence electrons. The van der Waals surface area contributed by atoms with E-state index in [0.717, 1.165) is 0 Å². The van der Waals surface area contributed by atoms with Crippen molar-refractivity contribution in [1.29, 1.82) is 0 Å². The topological polar surface area (TPSA) is 22.8 Å². The number of hydrogen-bond donors (Lipinski definition) is 0. The molecular weight excluding hydrogens is 1020 g/mol. The molecule has 0 aliphatic rings. The monoisotopic (exact) mass is 1050 g/mol. The fraction of sp³-hybridized carbons (Fsp3) is 0.0862. The van der Waals surface area contributed by atoms with E-state index < -0.39 is 81.2 Å². The van der Waals surface area contributed by atoms with E-state index in [0.29, 0.717) is 46.3 Å². The molecule has 0 fully saturated rings. The number of rotatable bonds is 6. The van der Waals surface area contributed by atoms with E-state index in [1.54, 1.807) is 66.7 Å². The van der Waals surface area contributed by atoms with Crippen LogP contribution in [0.3, 0.4) is 0 Å². The predicted octanol–water partition coefficient (Wildman–Crippen LogP) is 19.0. The smallest absolute Gasteiger partial charge is 0.309 e. The second kappa shape index (κ2) is 17.5. The molecule has 3 nitrogen and oxygen atoms in total. The van der Waals surface area contributed by atoms with Gasteiger partial charge in [-0.25, -0.2) is 4.98 Å². The number of alkyl halides is 15. The van der Waals surface area contributed by atoms with Crippen LogP contribution in [0.4, 0.5) is 65.9 Å². The van der Waals surface area contributed by atoms with Gasteiger partial charge >= 0.3 is 30.9 Å². The molecular formula is C58H30F15N3. The number of benzene rings is 8. The van der Waals surface area contributed by atoms with Crippen LogP contribution in [0.2, 0.25) is 0 Å². The molecule has 0 radical (unpaired) electrons. The Morgan fingerprint density at radius 3 is 1.03 bits per heavy atom. The summed E-state index contributed by atoms with van der Waals surface area (Å²) in [5.74, 6) is 0. The molecule has 0 aliphatic heterocycles. The summed E-state index contributed by atoms with van der Waals surface area (Å²) >= 11 is 0. The number of nitrogens with zero attached hydrogens (tertiary/aromatic N) is 3. The first-order valence-corrected chi connectivity index (χ1v) is 22.8. The molecule has 11 rings (SSSR count). The molecule has 18 heteroatoms. The van der Waals surface area contributed by atoms with Crippen LogP contribution in [0, 0.1) is 0 Å². The normalized spacial score (nSPS) is 12.9. The molecule has 3 heterocycles. The van der Waals surface area contributed by atoms with Crippen LogP contribution >= 0.6 is 0 Å². The van der Waals surface area contributed by atoms with Gasteiger partial charge in [-0.3, -0.25) is 0 Å². The highest BCUT2D eigenvalue weighted by Crippen LogP contribution is 2.48. The largest absolute Gasteiger partial charge is 0.420 e. The number of fused-ring (bicyclic) bond motifs is 6. The number of hydrogen-bond acceptors (Lipinski definition) is 1.